The quantitative estimate of drug-likeness (QED) is 0.814. The monoisotopic (exact) mass is 365 g/mol. The van der Waals surface area contributed by atoms with Gasteiger partial charge in [-0.05, 0) is 41.1 Å². The number of aromatic nitrogens is 1. The highest BCUT2D eigenvalue weighted by Gasteiger charge is 2.07. The summed E-state index contributed by atoms with van der Waals surface area (Å²) in [6.07, 6.45) is 1.78. The molecule has 0 amide bonds. The SMILES string of the molecule is CCn1c(=C(C#N)C#N)s/c(=C\c2ccc(Br)s2)c1=O. The van der Waals surface area contributed by atoms with Gasteiger partial charge in [0.1, 0.15) is 16.8 Å². The number of hydrogen-bond donors (Lipinski definition) is 0. The van der Waals surface area contributed by atoms with Crippen LogP contribution in [0.2, 0.25) is 0 Å². The van der Waals surface area contributed by atoms with Crippen LogP contribution in [0.3, 0.4) is 0 Å². The second-order valence-corrected chi connectivity index (χ2v) is 7.23. The number of rotatable bonds is 2. The zero-order valence-corrected chi connectivity index (χ0v) is 13.6. The number of thiazole rings is 1. The lowest BCUT2D eigenvalue weighted by Gasteiger charge is -1.93. The average molecular weight is 366 g/mol. The summed E-state index contributed by atoms with van der Waals surface area (Å²) < 4.78 is 3.39. The first-order valence-electron chi connectivity index (χ1n) is 5.62. The van der Waals surface area contributed by atoms with Crippen LogP contribution in [0.1, 0.15) is 11.8 Å². The molecule has 0 radical (unpaired) electrons. The summed E-state index contributed by atoms with van der Waals surface area (Å²) in [6, 6.07) is 7.49. The molecule has 0 bridgehead atoms. The molecule has 2 heterocycles. The van der Waals surface area contributed by atoms with Crippen molar-refractivity contribution in [1.82, 2.24) is 4.57 Å². The van der Waals surface area contributed by atoms with Gasteiger partial charge in [0.2, 0.25) is 0 Å². The molecule has 0 aliphatic rings. The molecule has 0 fully saturated rings. The van der Waals surface area contributed by atoms with E-state index < -0.39 is 0 Å². The predicted molar refractivity (Wildman–Crippen MR) is 83.7 cm³/mol. The van der Waals surface area contributed by atoms with Gasteiger partial charge in [-0.15, -0.1) is 22.7 Å². The summed E-state index contributed by atoms with van der Waals surface area (Å²) >= 11 is 6.06. The van der Waals surface area contributed by atoms with Crippen LogP contribution in [-0.4, -0.2) is 4.57 Å². The largest absolute Gasteiger partial charge is 0.298 e. The van der Waals surface area contributed by atoms with E-state index in [2.05, 4.69) is 15.9 Å². The van der Waals surface area contributed by atoms with Crippen molar-refractivity contribution in [3.05, 3.63) is 40.3 Å². The molecule has 2 aromatic rings. The molecule has 0 spiro atoms. The summed E-state index contributed by atoms with van der Waals surface area (Å²) in [5.41, 5.74) is -0.194. The Bertz CT molecular complexity index is 889. The second-order valence-electron chi connectivity index (χ2n) is 3.71. The highest BCUT2D eigenvalue weighted by Crippen LogP contribution is 2.22. The van der Waals surface area contributed by atoms with Gasteiger partial charge in [-0.2, -0.15) is 10.5 Å². The topological polar surface area (TPSA) is 69.6 Å². The molecule has 0 atom stereocenters. The fraction of sp³-hybridized carbons (Fsp3) is 0.154. The second kappa shape index (κ2) is 6.19. The third kappa shape index (κ3) is 2.75. The van der Waals surface area contributed by atoms with Gasteiger partial charge in [0.25, 0.3) is 5.56 Å². The van der Waals surface area contributed by atoms with E-state index >= 15 is 0 Å². The zero-order chi connectivity index (χ0) is 14.7. The van der Waals surface area contributed by atoms with Gasteiger partial charge in [0, 0.05) is 11.4 Å². The lowest BCUT2D eigenvalue weighted by Crippen LogP contribution is -2.31. The third-order valence-corrected chi connectivity index (χ3v) is 5.23. The van der Waals surface area contributed by atoms with E-state index in [1.54, 1.807) is 6.08 Å². The van der Waals surface area contributed by atoms with Crippen LogP contribution < -0.4 is 14.8 Å². The molecule has 7 heteroatoms. The minimum atomic E-state index is -0.167. The first-order chi connectivity index (χ1) is 9.60. The van der Waals surface area contributed by atoms with E-state index in [0.717, 1.165) is 8.66 Å². The van der Waals surface area contributed by atoms with Gasteiger partial charge in [0.05, 0.1) is 8.32 Å². The van der Waals surface area contributed by atoms with E-state index in [1.807, 2.05) is 31.2 Å². The van der Waals surface area contributed by atoms with Crippen LogP contribution >= 0.6 is 38.6 Å². The Labute approximate surface area is 131 Å². The van der Waals surface area contributed by atoms with Crippen LogP contribution in [0.4, 0.5) is 0 Å². The Hall–Kier alpha value is -1.67. The number of thiophene rings is 1. The summed E-state index contributed by atoms with van der Waals surface area (Å²) in [7, 11) is 0. The fourth-order valence-electron chi connectivity index (χ4n) is 1.65. The minimum Gasteiger partial charge on any atom is -0.298 e. The molecular weight excluding hydrogens is 358 g/mol. The first-order valence-corrected chi connectivity index (χ1v) is 8.04. The molecule has 0 aromatic carbocycles. The minimum absolute atomic E-state index is 0.0269. The molecule has 0 aliphatic heterocycles. The first kappa shape index (κ1) is 14.7. The number of nitrogens with zero attached hydrogens (tertiary/aromatic N) is 3. The maximum Gasteiger partial charge on any atom is 0.269 e. The molecule has 0 N–H and O–H groups in total. The van der Waals surface area contributed by atoms with Gasteiger partial charge < -0.3 is 0 Å². The van der Waals surface area contributed by atoms with E-state index in [4.69, 9.17) is 10.5 Å². The maximum absolute atomic E-state index is 12.3. The molecule has 2 rings (SSSR count). The van der Waals surface area contributed by atoms with Crippen molar-refractivity contribution in [1.29, 1.82) is 10.5 Å². The van der Waals surface area contributed by atoms with Crippen molar-refractivity contribution in [2.24, 2.45) is 0 Å². The standard InChI is InChI=1S/C13H8BrN3OS2/c1-2-17-12(18)10(5-9-3-4-11(14)19-9)20-13(17)8(6-15)7-16/h3-5H,2H2,1H3/b10-5-. The van der Waals surface area contributed by atoms with E-state index in [-0.39, 0.29) is 11.1 Å². The van der Waals surface area contributed by atoms with Gasteiger partial charge in [-0.1, -0.05) is 0 Å². The van der Waals surface area contributed by atoms with Crippen molar-refractivity contribution in [3.8, 4) is 12.1 Å². The third-order valence-electron chi connectivity index (χ3n) is 2.53. The lowest BCUT2D eigenvalue weighted by molar-refractivity contribution is 0.722. The maximum atomic E-state index is 12.3. The van der Waals surface area contributed by atoms with E-state index in [1.165, 1.54) is 27.2 Å². The van der Waals surface area contributed by atoms with Gasteiger partial charge in [-0.3, -0.25) is 9.36 Å². The van der Waals surface area contributed by atoms with Crippen molar-refractivity contribution in [3.63, 3.8) is 0 Å². The van der Waals surface area contributed by atoms with Crippen LogP contribution in [0.15, 0.2) is 20.7 Å². The van der Waals surface area contributed by atoms with Crippen LogP contribution in [-0.2, 0) is 6.54 Å². The van der Waals surface area contributed by atoms with Gasteiger partial charge >= 0.3 is 0 Å². The molecule has 0 unspecified atom stereocenters. The predicted octanol–water partition coefficient (Wildman–Crippen LogP) is 1.78. The zero-order valence-electron chi connectivity index (χ0n) is 10.4. The summed E-state index contributed by atoms with van der Waals surface area (Å²) in [6.45, 7) is 2.25. The van der Waals surface area contributed by atoms with Crippen molar-refractivity contribution in [2.75, 3.05) is 0 Å². The highest BCUT2D eigenvalue weighted by atomic mass is 79.9. The van der Waals surface area contributed by atoms with Crippen LogP contribution in [0.25, 0.3) is 11.6 Å². The van der Waals surface area contributed by atoms with Crippen molar-refractivity contribution >= 4 is 50.3 Å². The van der Waals surface area contributed by atoms with Crippen molar-refractivity contribution in [2.45, 2.75) is 13.5 Å². The summed E-state index contributed by atoms with van der Waals surface area (Å²) in [5.74, 6) is 0. The van der Waals surface area contributed by atoms with Crippen LogP contribution in [0, 0.1) is 22.7 Å². The molecule has 2 aromatic heterocycles. The summed E-state index contributed by atoms with van der Waals surface area (Å²) in [4.78, 5) is 13.2. The normalized spacial score (nSPS) is 11.1. The Balaban J connectivity index is 2.81. The molecule has 4 nitrogen and oxygen atoms in total. The Kier molecular flexibility index (Phi) is 4.56. The number of halogens is 1. The van der Waals surface area contributed by atoms with Gasteiger partial charge in [0.15, 0.2) is 5.57 Å². The summed E-state index contributed by atoms with van der Waals surface area (Å²) in [5, 5.41) is 17.9. The molecule has 0 aliphatic carbocycles. The molecule has 0 saturated heterocycles. The molecule has 0 saturated carbocycles. The lowest BCUT2D eigenvalue weighted by atomic mass is 10.4. The van der Waals surface area contributed by atoms with Crippen LogP contribution in [0.5, 0.6) is 0 Å². The molecular formula is C13H8BrN3OS2. The molecule has 100 valence electrons. The average Bonchev–Trinajstić information content (AvgIpc) is 2.97. The van der Waals surface area contributed by atoms with E-state index in [9.17, 15) is 4.79 Å². The highest BCUT2D eigenvalue weighted by molar-refractivity contribution is 9.11. The van der Waals surface area contributed by atoms with Crippen molar-refractivity contribution < 1.29 is 0 Å². The fourth-order valence-corrected chi connectivity index (χ4v) is 4.20. The van der Waals surface area contributed by atoms with E-state index in [0.29, 0.717) is 15.7 Å². The van der Waals surface area contributed by atoms with Gasteiger partial charge in [-0.25, -0.2) is 0 Å². The number of hydrogen-bond acceptors (Lipinski definition) is 5. The Morgan fingerprint density at radius 1 is 1.40 bits per heavy atom. The smallest absolute Gasteiger partial charge is 0.269 e. The Morgan fingerprint density at radius 2 is 2.10 bits per heavy atom. The molecule has 20 heavy (non-hydrogen) atoms. The number of nitriles is 2. The Morgan fingerprint density at radius 3 is 2.60 bits per heavy atom.